The van der Waals surface area contributed by atoms with Gasteiger partial charge in [-0.2, -0.15) is 0 Å². The van der Waals surface area contributed by atoms with Gasteiger partial charge in [-0.05, 0) is 77.0 Å². The minimum atomic E-state index is -5.39. The summed E-state index contributed by atoms with van der Waals surface area (Å²) in [5, 5.41) is 51.6. The van der Waals surface area contributed by atoms with E-state index in [1.165, 1.54) is 57.8 Å². The molecule has 9 atom stereocenters. The number of aliphatic hydroxyl groups is 5. The highest BCUT2D eigenvalue weighted by Gasteiger charge is 2.54. The van der Waals surface area contributed by atoms with E-state index in [0.717, 1.165) is 38.5 Å². The summed E-state index contributed by atoms with van der Waals surface area (Å²) in [4.78, 5) is 54.3. The predicted molar refractivity (Wildman–Crippen MR) is 261 cm³/mol. The lowest BCUT2D eigenvalue weighted by Crippen LogP contribution is -2.64. The summed E-state index contributed by atoms with van der Waals surface area (Å²) in [6.07, 6.45) is 30.0. The molecule has 1 fully saturated rings. The maximum absolute atomic E-state index is 13.0. The zero-order valence-electron chi connectivity index (χ0n) is 40.1. The molecule has 0 heterocycles. The van der Waals surface area contributed by atoms with Gasteiger partial charge in [0.25, 0.3) is 0 Å². The molecular weight excluding hydrogens is 922 g/mol. The van der Waals surface area contributed by atoms with Crippen LogP contribution in [0.25, 0.3) is 0 Å². The van der Waals surface area contributed by atoms with Crippen LogP contribution in [0.4, 0.5) is 0 Å². The van der Waals surface area contributed by atoms with E-state index < -0.39 is 89.6 Å². The minimum absolute atomic E-state index is 0.0723. The first-order chi connectivity index (χ1) is 32.5. The SMILES string of the molecule is CCCCC/C=C\C/C=C\C/C=C\C=C\[C@@H](O)CCCC(=O)OC[C@H](COP(=O)(O)O[C@H]1C(O)C(O)C(O)[C@@H](OP(=O)(O)O)C1O)OC(=O)CCC/C=C\C/C=C\C/C=C\CCCCCCCC. The smallest absolute Gasteiger partial charge is 0.462 e. The van der Waals surface area contributed by atoms with Crippen LogP contribution in [0.5, 0.6) is 0 Å². The molecule has 0 bridgehead atoms. The number of unbranched alkanes of at least 4 members (excludes halogenated alkanes) is 10. The quantitative estimate of drug-likeness (QED) is 0.00944. The van der Waals surface area contributed by atoms with E-state index in [2.05, 4.69) is 67.0 Å². The topological polar surface area (TPSA) is 276 Å². The number of esters is 2. The predicted octanol–water partition coefficient (Wildman–Crippen LogP) is 8.36. The Kier molecular flexibility index (Phi) is 36.1. The van der Waals surface area contributed by atoms with Crippen molar-refractivity contribution in [3.05, 3.63) is 85.1 Å². The molecule has 1 aliphatic carbocycles. The van der Waals surface area contributed by atoms with Crippen LogP contribution in [0.2, 0.25) is 0 Å². The number of aliphatic hydroxyl groups excluding tert-OH is 5. The highest BCUT2D eigenvalue weighted by Crippen LogP contribution is 2.49. The van der Waals surface area contributed by atoms with Crippen LogP contribution in [0.15, 0.2) is 85.1 Å². The number of phosphoric ester groups is 2. The Morgan fingerprint density at radius 1 is 0.544 bits per heavy atom. The summed E-state index contributed by atoms with van der Waals surface area (Å²) in [5.74, 6) is -1.48. The van der Waals surface area contributed by atoms with E-state index in [9.17, 15) is 58.9 Å². The average molecular weight is 1010 g/mol. The van der Waals surface area contributed by atoms with Gasteiger partial charge in [0, 0.05) is 12.8 Å². The lowest BCUT2D eigenvalue weighted by molar-refractivity contribution is -0.216. The van der Waals surface area contributed by atoms with E-state index in [1.54, 1.807) is 12.2 Å². The first-order valence-electron chi connectivity index (χ1n) is 24.2. The van der Waals surface area contributed by atoms with Gasteiger partial charge in [0.15, 0.2) is 6.10 Å². The van der Waals surface area contributed by atoms with Crippen molar-refractivity contribution in [2.24, 2.45) is 0 Å². The second-order valence-corrected chi connectivity index (χ2v) is 19.3. The van der Waals surface area contributed by atoms with Crippen molar-refractivity contribution in [3.63, 3.8) is 0 Å². The normalized spacial score (nSPS) is 22.4. The molecular formula is C49H82O17P2. The molecule has 0 aliphatic heterocycles. The Labute approximate surface area is 404 Å². The third-order valence-electron chi connectivity index (χ3n) is 10.5. The minimum Gasteiger partial charge on any atom is -0.462 e. The Balaban J connectivity index is 2.71. The van der Waals surface area contributed by atoms with Gasteiger partial charge in [-0.25, -0.2) is 9.13 Å². The lowest BCUT2D eigenvalue weighted by atomic mass is 9.85. The number of hydrogen-bond donors (Lipinski definition) is 8. The van der Waals surface area contributed by atoms with Crippen molar-refractivity contribution >= 4 is 27.6 Å². The lowest BCUT2D eigenvalue weighted by Gasteiger charge is -2.43. The number of ether oxygens (including phenoxy) is 2. The molecule has 390 valence electrons. The van der Waals surface area contributed by atoms with E-state index >= 15 is 0 Å². The fourth-order valence-corrected chi connectivity index (χ4v) is 8.27. The fraction of sp³-hybridized carbons (Fsp3) is 0.673. The third-order valence-corrected chi connectivity index (χ3v) is 12.0. The Morgan fingerprint density at radius 3 is 1.62 bits per heavy atom. The Hall–Kier alpha value is -2.86. The van der Waals surface area contributed by atoms with E-state index in [-0.39, 0.29) is 25.7 Å². The number of allylic oxidation sites excluding steroid dienone is 13. The standard InChI is InChI=1S/C49H82O17P2/c1-3-5-7-9-11-13-15-17-18-19-20-22-24-26-28-30-32-36-43(52)64-41(39-63-68(60,61)66-49-46(55)44(53)45(54)48(47(49)56)65-67(57,58)59)38-62-42(51)37-33-35-40(50)34-31-29-27-25-23-21-16-14-12-10-8-6-4-2/h12,14,17-18,20-23,26-29,31,34,40-41,44-50,53-56H,3-11,13,15-16,19,24-25,30,32-33,35-39H2,1-2H3,(H,60,61)(H2,57,58,59)/b14-12-,18-17-,22-20-,23-21-,28-26-,29-27-,34-31+/t40-,41-,44?,45?,46?,47?,48-,49+/m1/s1. The molecule has 68 heavy (non-hydrogen) atoms. The van der Waals surface area contributed by atoms with Crippen molar-refractivity contribution < 1.29 is 82.0 Å². The van der Waals surface area contributed by atoms with Crippen LogP contribution in [-0.4, -0.2) is 114 Å². The molecule has 19 heteroatoms. The average Bonchev–Trinajstić information content (AvgIpc) is 3.29. The van der Waals surface area contributed by atoms with Gasteiger partial charge in [-0.15, -0.1) is 0 Å². The van der Waals surface area contributed by atoms with Gasteiger partial charge in [-0.3, -0.25) is 23.2 Å². The van der Waals surface area contributed by atoms with Crippen molar-refractivity contribution in [1.82, 2.24) is 0 Å². The van der Waals surface area contributed by atoms with Crippen molar-refractivity contribution in [2.75, 3.05) is 13.2 Å². The Bertz CT molecular complexity index is 1650. The van der Waals surface area contributed by atoms with Gasteiger partial charge in [0.1, 0.15) is 43.2 Å². The largest absolute Gasteiger partial charge is 0.472 e. The van der Waals surface area contributed by atoms with Gasteiger partial charge in [0.05, 0.1) is 12.7 Å². The van der Waals surface area contributed by atoms with Gasteiger partial charge >= 0.3 is 27.6 Å². The zero-order chi connectivity index (χ0) is 50.5. The van der Waals surface area contributed by atoms with E-state index in [4.69, 9.17) is 18.5 Å². The van der Waals surface area contributed by atoms with Crippen molar-refractivity contribution in [2.45, 2.75) is 198 Å². The molecule has 0 aromatic heterocycles. The summed E-state index contributed by atoms with van der Waals surface area (Å²) >= 11 is 0. The molecule has 5 unspecified atom stereocenters. The molecule has 1 aliphatic rings. The molecule has 0 aromatic carbocycles. The number of rotatable bonds is 39. The molecule has 1 saturated carbocycles. The Morgan fingerprint density at radius 2 is 1.03 bits per heavy atom. The summed E-state index contributed by atoms with van der Waals surface area (Å²) in [5.41, 5.74) is 0. The van der Waals surface area contributed by atoms with Crippen molar-refractivity contribution in [3.8, 4) is 0 Å². The molecule has 0 aromatic rings. The van der Waals surface area contributed by atoms with Crippen molar-refractivity contribution in [1.29, 1.82) is 0 Å². The molecule has 0 radical (unpaired) electrons. The summed E-state index contributed by atoms with van der Waals surface area (Å²) in [6, 6.07) is 0. The second kappa shape index (κ2) is 38.8. The number of carbonyl (C=O) groups is 2. The first-order valence-corrected chi connectivity index (χ1v) is 27.3. The number of carbonyl (C=O) groups excluding carboxylic acids is 2. The van der Waals surface area contributed by atoms with Crippen LogP contribution in [0.3, 0.4) is 0 Å². The summed E-state index contributed by atoms with van der Waals surface area (Å²) < 4.78 is 49.2. The van der Waals surface area contributed by atoms with Gasteiger partial charge in [0.2, 0.25) is 0 Å². The maximum Gasteiger partial charge on any atom is 0.472 e. The van der Waals surface area contributed by atoms with Crippen LogP contribution in [0, 0.1) is 0 Å². The molecule has 17 nitrogen and oxygen atoms in total. The number of phosphoric acid groups is 2. The van der Waals surface area contributed by atoms with Crippen LogP contribution in [-0.2, 0) is 41.8 Å². The molecule has 0 saturated heterocycles. The van der Waals surface area contributed by atoms with E-state index in [0.29, 0.717) is 12.8 Å². The van der Waals surface area contributed by atoms with Crippen LogP contribution >= 0.6 is 15.6 Å². The molecule has 0 spiro atoms. The maximum atomic E-state index is 13.0. The molecule has 1 rings (SSSR count). The molecule has 8 N–H and O–H groups in total. The monoisotopic (exact) mass is 1000 g/mol. The highest BCUT2D eigenvalue weighted by atomic mass is 31.2. The van der Waals surface area contributed by atoms with E-state index in [1.807, 2.05) is 24.3 Å². The third kappa shape index (κ3) is 32.9. The fourth-order valence-electron chi connectivity index (χ4n) is 6.73. The van der Waals surface area contributed by atoms with Crippen LogP contribution < -0.4 is 0 Å². The zero-order valence-corrected chi connectivity index (χ0v) is 41.9. The second-order valence-electron chi connectivity index (χ2n) is 16.7. The number of hydrogen-bond acceptors (Lipinski definition) is 14. The van der Waals surface area contributed by atoms with Crippen LogP contribution in [0.1, 0.15) is 149 Å². The first kappa shape index (κ1) is 63.2. The van der Waals surface area contributed by atoms with Gasteiger partial charge < -0.3 is 49.7 Å². The summed E-state index contributed by atoms with van der Waals surface area (Å²) in [7, 11) is -10.8. The van der Waals surface area contributed by atoms with Gasteiger partial charge in [-0.1, -0.05) is 144 Å². The summed E-state index contributed by atoms with van der Waals surface area (Å²) in [6.45, 7) is 2.86. The molecule has 0 amide bonds. The highest BCUT2D eigenvalue weighted by molar-refractivity contribution is 7.47.